The highest BCUT2D eigenvalue weighted by Gasteiger charge is 2.37. The minimum Gasteiger partial charge on any atom is -0.342 e. The number of halogens is 6. The molecule has 0 fully saturated rings. The molecule has 3 aromatic rings. The van der Waals surface area contributed by atoms with E-state index in [1.54, 1.807) is 0 Å². The van der Waals surface area contributed by atoms with Crippen molar-refractivity contribution in [2.24, 2.45) is 0 Å². The van der Waals surface area contributed by atoms with E-state index in [9.17, 15) is 31.1 Å². The Hall–Kier alpha value is -3.89. The van der Waals surface area contributed by atoms with Gasteiger partial charge in [0.05, 0.1) is 17.4 Å². The summed E-state index contributed by atoms with van der Waals surface area (Å²) in [6.07, 6.45) is -7.25. The zero-order valence-electron chi connectivity index (χ0n) is 16.4. The van der Waals surface area contributed by atoms with Gasteiger partial charge in [0, 0.05) is 18.3 Å². The Balaban J connectivity index is 1.62. The van der Waals surface area contributed by atoms with Crippen molar-refractivity contribution in [1.82, 2.24) is 29.6 Å². The van der Waals surface area contributed by atoms with Crippen molar-refractivity contribution in [2.45, 2.75) is 37.9 Å². The molecule has 4 heterocycles. The van der Waals surface area contributed by atoms with E-state index in [2.05, 4.69) is 20.4 Å². The quantitative estimate of drug-likeness (QED) is 0.589. The van der Waals surface area contributed by atoms with Crippen LogP contribution in [0, 0.1) is 11.3 Å². The molecule has 1 atom stereocenters. The fraction of sp³-hybridized carbons (Fsp3) is 0.316. The van der Waals surface area contributed by atoms with Gasteiger partial charge in [-0.25, -0.2) is 9.55 Å². The van der Waals surface area contributed by atoms with Crippen LogP contribution in [0.3, 0.4) is 0 Å². The van der Waals surface area contributed by atoms with Crippen molar-refractivity contribution in [2.75, 3.05) is 0 Å². The highest BCUT2D eigenvalue weighted by Crippen LogP contribution is 2.33. The Morgan fingerprint density at radius 2 is 1.94 bits per heavy atom. The molecule has 0 bridgehead atoms. The third-order valence-electron chi connectivity index (χ3n) is 5.04. The number of rotatable bonds is 3. The molecule has 8 nitrogen and oxygen atoms in total. The van der Waals surface area contributed by atoms with Gasteiger partial charge in [0.1, 0.15) is 18.1 Å². The van der Waals surface area contributed by atoms with Gasteiger partial charge in [-0.15, -0.1) is 13.2 Å². The van der Waals surface area contributed by atoms with Crippen molar-refractivity contribution in [3.05, 3.63) is 53.5 Å². The highest BCUT2D eigenvalue weighted by atomic mass is 19.4. The second-order valence-electron chi connectivity index (χ2n) is 7.16. The van der Waals surface area contributed by atoms with Crippen LogP contribution in [0.25, 0.3) is 11.3 Å². The Labute approximate surface area is 181 Å². The van der Waals surface area contributed by atoms with Crippen molar-refractivity contribution in [1.29, 1.82) is 5.26 Å². The first-order valence-electron chi connectivity index (χ1n) is 9.46. The molecule has 14 heteroatoms. The molecule has 1 aliphatic heterocycles. The number of imidazole rings is 1. The predicted molar refractivity (Wildman–Crippen MR) is 98.1 cm³/mol. The Kier molecular flexibility index (Phi) is 5.35. The summed E-state index contributed by atoms with van der Waals surface area (Å²) in [5.41, 5.74) is -1.88. The van der Waals surface area contributed by atoms with Crippen LogP contribution in [0.2, 0.25) is 0 Å². The van der Waals surface area contributed by atoms with Crippen LogP contribution < -0.4 is 5.32 Å². The Morgan fingerprint density at radius 3 is 2.61 bits per heavy atom. The second-order valence-corrected chi connectivity index (χ2v) is 7.16. The Bertz CT molecular complexity index is 1250. The molecule has 1 unspecified atom stereocenters. The number of pyridine rings is 1. The number of nitrogens with one attached hydrogen (secondary N) is 1. The van der Waals surface area contributed by atoms with Crippen LogP contribution in [0.4, 0.5) is 26.3 Å². The second kappa shape index (κ2) is 7.91. The van der Waals surface area contributed by atoms with Gasteiger partial charge >= 0.3 is 12.5 Å². The summed E-state index contributed by atoms with van der Waals surface area (Å²) in [6.45, 7) is 0.436. The lowest BCUT2D eigenvalue weighted by molar-refractivity contribution is -0.204. The first-order chi connectivity index (χ1) is 15.5. The van der Waals surface area contributed by atoms with Gasteiger partial charge in [0.2, 0.25) is 0 Å². The average Bonchev–Trinajstić information content (AvgIpc) is 3.38. The lowest BCUT2D eigenvalue weighted by Gasteiger charge is -2.24. The number of amides is 1. The van der Waals surface area contributed by atoms with E-state index in [-0.39, 0.29) is 15.8 Å². The van der Waals surface area contributed by atoms with Crippen LogP contribution in [-0.4, -0.2) is 30.2 Å². The fourth-order valence-electron chi connectivity index (χ4n) is 3.56. The fourth-order valence-corrected chi connectivity index (χ4v) is 3.56. The molecular weight excluding hydrogens is 456 g/mol. The van der Waals surface area contributed by atoms with Crippen molar-refractivity contribution in [3.8, 4) is 17.3 Å². The lowest BCUT2D eigenvalue weighted by atomic mass is 10.0. The summed E-state index contributed by atoms with van der Waals surface area (Å²) < 4.78 is 79.1. The molecule has 0 radical (unpaired) electrons. The molecule has 172 valence electrons. The van der Waals surface area contributed by atoms with E-state index in [0.717, 1.165) is 12.3 Å². The normalized spacial score (nSPS) is 16.2. The minimum atomic E-state index is -4.92. The van der Waals surface area contributed by atoms with Gasteiger partial charge in [-0.05, 0) is 31.0 Å². The topological polar surface area (TPSA) is 101 Å². The number of carbonyl (C=O) groups is 1. The minimum absolute atomic E-state index is 0.167. The first kappa shape index (κ1) is 22.3. The predicted octanol–water partition coefficient (Wildman–Crippen LogP) is 3.77. The van der Waals surface area contributed by atoms with E-state index >= 15 is 0 Å². The summed E-state index contributed by atoms with van der Waals surface area (Å²) in [4.78, 5) is 19.3. The summed E-state index contributed by atoms with van der Waals surface area (Å²) in [6, 6.07) is 4.35. The van der Waals surface area contributed by atoms with Gasteiger partial charge in [-0.2, -0.15) is 23.5 Å². The number of fused-ring (bicyclic) bond motifs is 1. The maximum absolute atomic E-state index is 13.0. The number of aromatic nitrogens is 5. The van der Waals surface area contributed by atoms with Gasteiger partial charge < -0.3 is 5.32 Å². The van der Waals surface area contributed by atoms with E-state index in [1.807, 2.05) is 0 Å². The molecule has 1 amide bonds. The average molecular weight is 469 g/mol. The Morgan fingerprint density at radius 1 is 1.18 bits per heavy atom. The standard InChI is InChI=1S/C19H13F6N7O/c20-18(21,22)15-6-10(3-4-27-15)12-7-13-11(2-1-5-32(13)30-12)29-17(33)16-14(8-26)31(9-28-16)19(23,24)25/h3-4,6-7,9,11H,1-2,5H2,(H,29,33). The van der Waals surface area contributed by atoms with Crippen molar-refractivity contribution < 1.29 is 31.1 Å². The van der Waals surface area contributed by atoms with Gasteiger partial charge in [-0.3, -0.25) is 14.5 Å². The smallest absolute Gasteiger partial charge is 0.342 e. The molecule has 1 aliphatic rings. The molecule has 0 saturated heterocycles. The molecule has 1 N–H and O–H groups in total. The number of alkyl halides is 6. The molecule has 0 spiro atoms. The van der Waals surface area contributed by atoms with Gasteiger partial charge in [0.25, 0.3) is 5.91 Å². The van der Waals surface area contributed by atoms with Crippen LogP contribution in [-0.2, 0) is 19.0 Å². The molecule has 3 aromatic heterocycles. The van der Waals surface area contributed by atoms with Crippen molar-refractivity contribution in [3.63, 3.8) is 0 Å². The molecule has 0 aromatic carbocycles. The summed E-state index contributed by atoms with van der Waals surface area (Å²) in [5, 5.41) is 15.9. The number of nitrogens with zero attached hydrogens (tertiary/aromatic N) is 6. The SMILES string of the molecule is N#Cc1c(C(=O)NC2CCCn3nc(-c4ccnc(C(F)(F)F)c4)cc32)ncn1C(F)(F)F. The number of nitriles is 1. The van der Waals surface area contributed by atoms with E-state index in [1.165, 1.54) is 22.9 Å². The monoisotopic (exact) mass is 469 g/mol. The lowest BCUT2D eigenvalue weighted by Crippen LogP contribution is -2.33. The van der Waals surface area contributed by atoms with E-state index in [0.29, 0.717) is 31.4 Å². The van der Waals surface area contributed by atoms with Crippen LogP contribution >= 0.6 is 0 Å². The molecule has 0 aliphatic carbocycles. The third-order valence-corrected chi connectivity index (χ3v) is 5.04. The number of carbonyl (C=O) groups excluding carboxylic acids is 1. The summed E-state index contributed by atoms with van der Waals surface area (Å²) >= 11 is 0. The zero-order chi connectivity index (χ0) is 24.0. The van der Waals surface area contributed by atoms with E-state index in [4.69, 9.17) is 5.26 Å². The molecule has 33 heavy (non-hydrogen) atoms. The summed E-state index contributed by atoms with van der Waals surface area (Å²) in [5.74, 6) is -0.987. The number of hydrogen-bond acceptors (Lipinski definition) is 5. The number of aryl methyl sites for hydroxylation is 1. The largest absolute Gasteiger partial charge is 0.490 e. The highest BCUT2D eigenvalue weighted by molar-refractivity contribution is 5.94. The molecule has 4 rings (SSSR count). The first-order valence-corrected chi connectivity index (χ1v) is 9.46. The summed E-state index contributed by atoms with van der Waals surface area (Å²) in [7, 11) is 0. The van der Waals surface area contributed by atoms with Crippen LogP contribution in [0.15, 0.2) is 30.7 Å². The third kappa shape index (κ3) is 4.26. The molecule has 0 saturated carbocycles. The zero-order valence-corrected chi connectivity index (χ0v) is 16.4. The number of hydrogen-bond donors (Lipinski definition) is 1. The van der Waals surface area contributed by atoms with Crippen LogP contribution in [0.5, 0.6) is 0 Å². The molecular formula is C19H13F6N7O. The van der Waals surface area contributed by atoms with Crippen molar-refractivity contribution >= 4 is 5.91 Å². The maximum atomic E-state index is 13.0. The van der Waals surface area contributed by atoms with Crippen LogP contribution in [0.1, 0.15) is 46.5 Å². The van der Waals surface area contributed by atoms with Gasteiger partial charge in [0.15, 0.2) is 11.4 Å². The van der Waals surface area contributed by atoms with E-state index < -0.39 is 41.5 Å². The van der Waals surface area contributed by atoms with Gasteiger partial charge in [-0.1, -0.05) is 0 Å². The maximum Gasteiger partial charge on any atom is 0.490 e.